The average Bonchev–Trinajstić information content (AvgIpc) is 2.43. The Bertz CT molecular complexity index is 572. The summed E-state index contributed by atoms with van der Waals surface area (Å²) in [4.78, 5) is 4.24. The maximum Gasteiger partial charge on any atom is 0.159 e. The minimum absolute atomic E-state index is 0.314. The summed E-state index contributed by atoms with van der Waals surface area (Å²) in [6.07, 6.45) is 8.06. The predicted molar refractivity (Wildman–Crippen MR) is 72.7 cm³/mol. The molecule has 1 aliphatic heterocycles. The van der Waals surface area contributed by atoms with Crippen LogP contribution >= 0.6 is 0 Å². The summed E-state index contributed by atoms with van der Waals surface area (Å²) >= 11 is 0. The van der Waals surface area contributed by atoms with Gasteiger partial charge in [-0.25, -0.2) is 8.78 Å². The zero-order valence-corrected chi connectivity index (χ0v) is 10.4. The fourth-order valence-electron chi connectivity index (χ4n) is 1.75. The summed E-state index contributed by atoms with van der Waals surface area (Å²) in [5.41, 5.74) is 2.56. The third-order valence-corrected chi connectivity index (χ3v) is 2.75. The van der Waals surface area contributed by atoms with Crippen molar-refractivity contribution < 1.29 is 8.78 Å². The number of nitrogens with one attached hydrogen (secondary N) is 1. The molecule has 19 heavy (non-hydrogen) atoms. The van der Waals surface area contributed by atoms with E-state index < -0.39 is 11.6 Å². The highest BCUT2D eigenvalue weighted by atomic mass is 19.2. The van der Waals surface area contributed by atoms with Gasteiger partial charge in [-0.3, -0.25) is 4.99 Å². The molecule has 1 heterocycles. The monoisotopic (exact) mass is 260 g/mol. The van der Waals surface area contributed by atoms with E-state index in [0.29, 0.717) is 12.1 Å². The van der Waals surface area contributed by atoms with Crippen molar-refractivity contribution in [2.75, 3.05) is 0 Å². The zero-order chi connectivity index (χ0) is 13.7. The van der Waals surface area contributed by atoms with Crippen molar-refractivity contribution in [2.45, 2.75) is 13.0 Å². The van der Waals surface area contributed by atoms with Gasteiger partial charge >= 0.3 is 0 Å². The van der Waals surface area contributed by atoms with Crippen molar-refractivity contribution in [2.24, 2.45) is 4.99 Å². The summed E-state index contributed by atoms with van der Waals surface area (Å²) in [5.74, 6) is -1.69. The van der Waals surface area contributed by atoms with Crippen LogP contribution in [0.5, 0.6) is 0 Å². The average molecular weight is 260 g/mol. The highest BCUT2D eigenvalue weighted by Crippen LogP contribution is 2.12. The Kier molecular flexibility index (Phi) is 4.23. The fraction of sp³-hybridized carbons (Fsp3) is 0.133. The van der Waals surface area contributed by atoms with Crippen LogP contribution in [0, 0.1) is 11.6 Å². The molecule has 1 N–H and O–H groups in total. The number of nitrogens with zero attached hydrogens (tertiary/aromatic N) is 1. The summed E-state index contributed by atoms with van der Waals surface area (Å²) in [6, 6.07) is 3.80. The van der Waals surface area contributed by atoms with Gasteiger partial charge < -0.3 is 5.32 Å². The van der Waals surface area contributed by atoms with Crippen LogP contribution in [0.3, 0.4) is 0 Å². The molecule has 0 saturated carbocycles. The van der Waals surface area contributed by atoms with Crippen molar-refractivity contribution in [1.29, 1.82) is 0 Å². The summed E-state index contributed by atoms with van der Waals surface area (Å²) in [7, 11) is 0. The van der Waals surface area contributed by atoms with Crippen molar-refractivity contribution in [3.8, 4) is 0 Å². The molecular weight excluding hydrogens is 246 g/mol. The lowest BCUT2D eigenvalue weighted by Crippen LogP contribution is -2.10. The van der Waals surface area contributed by atoms with Gasteiger partial charge in [0.1, 0.15) is 0 Å². The molecule has 98 valence electrons. The number of allylic oxidation sites excluding steroid dienone is 3. The topological polar surface area (TPSA) is 24.4 Å². The molecule has 0 unspecified atom stereocenters. The highest BCUT2D eigenvalue weighted by molar-refractivity contribution is 5.81. The highest BCUT2D eigenvalue weighted by Gasteiger charge is 2.04. The standard InChI is InChI=1S/C15H14F2N2/c1-2-15-12(4-3-7-19-15)10-18-9-11-5-6-13(16)14(17)8-11/h2-3,5-8,10,19H,1,4,9H2. The van der Waals surface area contributed by atoms with E-state index in [1.165, 1.54) is 6.07 Å². The number of hydrogen-bond acceptors (Lipinski definition) is 2. The largest absolute Gasteiger partial charge is 0.362 e. The van der Waals surface area contributed by atoms with Crippen LogP contribution < -0.4 is 5.32 Å². The Balaban J connectivity index is 2.05. The fourth-order valence-corrected chi connectivity index (χ4v) is 1.75. The molecule has 0 spiro atoms. The molecule has 0 amide bonds. The first-order chi connectivity index (χ1) is 9.20. The Hall–Kier alpha value is -2.23. The molecular formula is C15H14F2N2. The van der Waals surface area contributed by atoms with E-state index in [1.54, 1.807) is 12.3 Å². The number of rotatable bonds is 4. The summed E-state index contributed by atoms with van der Waals surface area (Å²) in [6.45, 7) is 4.03. The molecule has 1 aromatic carbocycles. The van der Waals surface area contributed by atoms with E-state index in [4.69, 9.17) is 0 Å². The smallest absolute Gasteiger partial charge is 0.159 e. The number of dihydropyridines is 1. The molecule has 1 aromatic rings. The van der Waals surface area contributed by atoms with Gasteiger partial charge in [0.25, 0.3) is 0 Å². The lowest BCUT2D eigenvalue weighted by Gasteiger charge is -2.11. The van der Waals surface area contributed by atoms with E-state index >= 15 is 0 Å². The predicted octanol–water partition coefficient (Wildman–Crippen LogP) is 3.48. The van der Waals surface area contributed by atoms with Gasteiger partial charge in [0, 0.05) is 11.9 Å². The third-order valence-electron chi connectivity index (χ3n) is 2.75. The maximum atomic E-state index is 13.0. The number of benzene rings is 1. The van der Waals surface area contributed by atoms with E-state index in [9.17, 15) is 8.78 Å². The molecule has 0 aromatic heterocycles. The van der Waals surface area contributed by atoms with E-state index in [1.807, 2.05) is 12.3 Å². The Morgan fingerprint density at radius 1 is 1.32 bits per heavy atom. The second kappa shape index (κ2) is 6.09. The second-order valence-electron chi connectivity index (χ2n) is 4.11. The van der Waals surface area contributed by atoms with Crippen LogP contribution in [0.4, 0.5) is 8.78 Å². The van der Waals surface area contributed by atoms with Gasteiger partial charge in [-0.2, -0.15) is 0 Å². The zero-order valence-electron chi connectivity index (χ0n) is 10.4. The van der Waals surface area contributed by atoms with Crippen LogP contribution in [-0.2, 0) is 6.54 Å². The number of aliphatic imine (C=N–C) groups is 1. The van der Waals surface area contributed by atoms with Gasteiger partial charge in [0.2, 0.25) is 0 Å². The van der Waals surface area contributed by atoms with Crippen LogP contribution in [-0.4, -0.2) is 6.21 Å². The number of hydrogen-bond donors (Lipinski definition) is 1. The van der Waals surface area contributed by atoms with Crippen molar-refractivity contribution in [3.05, 3.63) is 71.6 Å². The first-order valence-corrected chi connectivity index (χ1v) is 5.91. The van der Waals surface area contributed by atoms with E-state index in [2.05, 4.69) is 16.9 Å². The van der Waals surface area contributed by atoms with Crippen molar-refractivity contribution in [1.82, 2.24) is 5.32 Å². The van der Waals surface area contributed by atoms with Gasteiger partial charge in [-0.05, 0) is 42.0 Å². The van der Waals surface area contributed by atoms with E-state index in [0.717, 1.165) is 29.8 Å². The number of halogens is 2. The molecule has 0 atom stereocenters. The third kappa shape index (κ3) is 3.37. The minimum atomic E-state index is -0.846. The Morgan fingerprint density at radius 3 is 2.89 bits per heavy atom. The normalized spacial score (nSPS) is 14.8. The molecule has 0 bridgehead atoms. The van der Waals surface area contributed by atoms with Crippen molar-refractivity contribution >= 4 is 6.21 Å². The van der Waals surface area contributed by atoms with Gasteiger partial charge in [0.05, 0.1) is 6.54 Å². The SMILES string of the molecule is C=CC1=C(C=NCc2ccc(F)c(F)c2)CC=CN1. The molecule has 0 saturated heterocycles. The maximum absolute atomic E-state index is 13.0. The Morgan fingerprint density at radius 2 is 2.16 bits per heavy atom. The molecule has 2 rings (SSSR count). The van der Waals surface area contributed by atoms with Gasteiger partial charge in [0.15, 0.2) is 11.6 Å². The molecule has 2 nitrogen and oxygen atoms in total. The quantitative estimate of drug-likeness (QED) is 0.823. The van der Waals surface area contributed by atoms with Gasteiger partial charge in [-0.1, -0.05) is 18.7 Å². The molecule has 4 heteroatoms. The van der Waals surface area contributed by atoms with Crippen LogP contribution in [0.1, 0.15) is 12.0 Å². The van der Waals surface area contributed by atoms with Crippen molar-refractivity contribution in [3.63, 3.8) is 0 Å². The molecule has 0 radical (unpaired) electrons. The lowest BCUT2D eigenvalue weighted by atomic mass is 10.1. The molecule has 1 aliphatic rings. The van der Waals surface area contributed by atoms with E-state index in [-0.39, 0.29) is 0 Å². The first kappa shape index (κ1) is 13.2. The first-order valence-electron chi connectivity index (χ1n) is 5.91. The second-order valence-corrected chi connectivity index (χ2v) is 4.11. The van der Waals surface area contributed by atoms with Crippen LogP contribution in [0.15, 0.2) is 59.4 Å². The van der Waals surface area contributed by atoms with Crippen LogP contribution in [0.25, 0.3) is 0 Å². The minimum Gasteiger partial charge on any atom is -0.362 e. The summed E-state index contributed by atoms with van der Waals surface area (Å²) < 4.78 is 25.8. The van der Waals surface area contributed by atoms with Crippen LogP contribution in [0.2, 0.25) is 0 Å². The molecule has 0 aliphatic carbocycles. The Labute approximate surface area is 110 Å². The lowest BCUT2D eigenvalue weighted by molar-refractivity contribution is 0.507. The summed E-state index contributed by atoms with van der Waals surface area (Å²) in [5, 5.41) is 3.06. The van der Waals surface area contributed by atoms with Gasteiger partial charge in [-0.15, -0.1) is 0 Å². The molecule has 0 fully saturated rings.